The van der Waals surface area contributed by atoms with Crippen LogP contribution in [0, 0.1) is 5.92 Å². The van der Waals surface area contributed by atoms with Crippen LogP contribution in [0.2, 0.25) is 0 Å². The average molecular weight is 285 g/mol. The molecule has 6 heteroatoms. The van der Waals surface area contributed by atoms with E-state index in [0.29, 0.717) is 12.3 Å². The second-order valence-corrected chi connectivity index (χ2v) is 5.26. The number of nitrogens with one attached hydrogen (secondary N) is 1. The fourth-order valence-electron chi connectivity index (χ4n) is 2.52. The van der Waals surface area contributed by atoms with Crippen LogP contribution >= 0.6 is 0 Å². The zero-order valence-electron chi connectivity index (χ0n) is 11.9. The molecule has 0 saturated heterocycles. The maximum atomic E-state index is 11.7. The Hall–Kier alpha value is -1.59. The number of methoxy groups -OCH3 is 1. The summed E-state index contributed by atoms with van der Waals surface area (Å²) in [5, 5.41) is 11.5. The molecule has 0 aromatic heterocycles. The largest absolute Gasteiger partial charge is 0.480 e. The summed E-state index contributed by atoms with van der Waals surface area (Å²) in [6.07, 6.45) is 5.98. The molecule has 0 radical (unpaired) electrons. The molecule has 1 atom stereocenters. The fraction of sp³-hybridized carbons (Fsp3) is 0.786. The lowest BCUT2D eigenvalue weighted by molar-refractivity contribution is -0.144. The van der Waals surface area contributed by atoms with Gasteiger partial charge < -0.3 is 15.2 Å². The van der Waals surface area contributed by atoms with Crippen LogP contribution in [0.3, 0.4) is 0 Å². The highest BCUT2D eigenvalue weighted by Crippen LogP contribution is 2.28. The van der Waals surface area contributed by atoms with E-state index in [1.807, 2.05) is 0 Å². The number of hydrogen-bond acceptors (Lipinski definition) is 4. The Bertz CT molecular complexity index is 349. The van der Waals surface area contributed by atoms with E-state index in [1.165, 1.54) is 20.0 Å². The fourth-order valence-corrected chi connectivity index (χ4v) is 2.52. The molecule has 1 saturated carbocycles. The van der Waals surface area contributed by atoms with Crippen LogP contribution in [0.5, 0.6) is 0 Å². The first-order chi connectivity index (χ1) is 9.52. The molecule has 0 aromatic rings. The molecule has 1 rings (SSSR count). The number of carbonyl (C=O) groups excluding carboxylic acids is 2. The number of ether oxygens (including phenoxy) is 1. The van der Waals surface area contributed by atoms with Crippen molar-refractivity contribution in [2.24, 2.45) is 5.92 Å². The van der Waals surface area contributed by atoms with Gasteiger partial charge in [0.25, 0.3) is 0 Å². The molecular formula is C14H23NO5. The van der Waals surface area contributed by atoms with Crippen LogP contribution in [0.15, 0.2) is 0 Å². The average Bonchev–Trinajstić information content (AvgIpc) is 2.93. The van der Waals surface area contributed by atoms with Gasteiger partial charge in [-0.15, -0.1) is 0 Å². The van der Waals surface area contributed by atoms with Crippen molar-refractivity contribution >= 4 is 17.8 Å². The molecule has 1 aliphatic carbocycles. The SMILES string of the molecule is COC(=O)CC[C@@H](NC(=O)CCC1CCCC1)C(=O)O. The number of rotatable bonds is 8. The van der Waals surface area contributed by atoms with E-state index in [0.717, 1.165) is 19.3 Å². The van der Waals surface area contributed by atoms with Crippen LogP contribution in [0.4, 0.5) is 0 Å². The molecule has 0 unspecified atom stereocenters. The molecular weight excluding hydrogens is 262 g/mol. The summed E-state index contributed by atoms with van der Waals surface area (Å²) in [5.74, 6) is -1.26. The minimum Gasteiger partial charge on any atom is -0.480 e. The Morgan fingerprint density at radius 3 is 2.45 bits per heavy atom. The van der Waals surface area contributed by atoms with Crippen molar-refractivity contribution in [1.29, 1.82) is 0 Å². The van der Waals surface area contributed by atoms with E-state index in [-0.39, 0.29) is 18.7 Å². The third-order valence-corrected chi connectivity index (χ3v) is 3.75. The van der Waals surface area contributed by atoms with Crippen LogP contribution in [-0.2, 0) is 19.1 Å². The highest BCUT2D eigenvalue weighted by atomic mass is 16.5. The molecule has 6 nitrogen and oxygen atoms in total. The number of carboxylic acids is 1. The summed E-state index contributed by atoms with van der Waals surface area (Å²) in [6, 6.07) is -1.02. The standard InChI is InChI=1S/C14H23NO5/c1-20-13(17)9-7-11(14(18)19)15-12(16)8-6-10-4-2-3-5-10/h10-11H,2-9H2,1H3,(H,15,16)(H,18,19)/t11-/m1/s1. The van der Waals surface area contributed by atoms with Gasteiger partial charge in [0.1, 0.15) is 6.04 Å². The van der Waals surface area contributed by atoms with Crippen molar-refractivity contribution in [1.82, 2.24) is 5.32 Å². The molecule has 0 aliphatic heterocycles. The first-order valence-corrected chi connectivity index (χ1v) is 7.12. The molecule has 0 heterocycles. The second-order valence-electron chi connectivity index (χ2n) is 5.26. The van der Waals surface area contributed by atoms with E-state index in [1.54, 1.807) is 0 Å². The molecule has 0 spiro atoms. The number of carboxylic acid groups (broad SMARTS) is 1. The number of hydrogen-bond donors (Lipinski definition) is 2. The summed E-state index contributed by atoms with van der Waals surface area (Å²) in [7, 11) is 1.25. The van der Waals surface area contributed by atoms with Gasteiger partial charge >= 0.3 is 11.9 Å². The van der Waals surface area contributed by atoms with Crippen molar-refractivity contribution < 1.29 is 24.2 Å². The molecule has 20 heavy (non-hydrogen) atoms. The Kier molecular flexibility index (Phi) is 7.04. The minimum atomic E-state index is -1.12. The molecule has 0 bridgehead atoms. The quantitative estimate of drug-likeness (QED) is 0.659. The topological polar surface area (TPSA) is 92.7 Å². The van der Waals surface area contributed by atoms with Crippen molar-refractivity contribution in [2.45, 2.75) is 57.4 Å². The Balaban J connectivity index is 2.30. The van der Waals surface area contributed by atoms with Crippen LogP contribution < -0.4 is 5.32 Å². The van der Waals surface area contributed by atoms with Gasteiger partial charge in [0.05, 0.1) is 7.11 Å². The predicted molar refractivity (Wildman–Crippen MR) is 72.0 cm³/mol. The van der Waals surface area contributed by atoms with Crippen LogP contribution in [-0.4, -0.2) is 36.1 Å². The number of esters is 1. The number of carbonyl (C=O) groups is 3. The van der Waals surface area contributed by atoms with Crippen molar-refractivity contribution in [3.05, 3.63) is 0 Å². The summed E-state index contributed by atoms with van der Waals surface area (Å²) < 4.78 is 4.46. The van der Waals surface area contributed by atoms with E-state index >= 15 is 0 Å². The third-order valence-electron chi connectivity index (χ3n) is 3.75. The summed E-state index contributed by atoms with van der Waals surface area (Å²) in [4.78, 5) is 33.8. The Morgan fingerprint density at radius 2 is 1.90 bits per heavy atom. The second kappa shape index (κ2) is 8.55. The normalized spacial score (nSPS) is 16.6. The monoisotopic (exact) mass is 285 g/mol. The van der Waals surface area contributed by atoms with E-state index < -0.39 is 18.0 Å². The van der Waals surface area contributed by atoms with Gasteiger partial charge in [-0.3, -0.25) is 9.59 Å². The Morgan fingerprint density at radius 1 is 1.25 bits per heavy atom. The van der Waals surface area contributed by atoms with Crippen molar-refractivity contribution in [3.63, 3.8) is 0 Å². The van der Waals surface area contributed by atoms with E-state index in [4.69, 9.17) is 5.11 Å². The van der Waals surface area contributed by atoms with Gasteiger partial charge in [0.15, 0.2) is 0 Å². The van der Waals surface area contributed by atoms with Gasteiger partial charge in [0, 0.05) is 12.8 Å². The summed E-state index contributed by atoms with van der Waals surface area (Å²) in [5.41, 5.74) is 0. The Labute approximate surface area is 118 Å². The molecule has 2 N–H and O–H groups in total. The molecule has 114 valence electrons. The van der Waals surface area contributed by atoms with Crippen molar-refractivity contribution in [2.75, 3.05) is 7.11 Å². The van der Waals surface area contributed by atoms with Gasteiger partial charge in [-0.25, -0.2) is 4.79 Å². The zero-order valence-corrected chi connectivity index (χ0v) is 11.9. The van der Waals surface area contributed by atoms with Crippen LogP contribution in [0.25, 0.3) is 0 Å². The molecule has 1 aliphatic rings. The maximum absolute atomic E-state index is 11.7. The zero-order chi connectivity index (χ0) is 15.0. The maximum Gasteiger partial charge on any atom is 0.326 e. The van der Waals surface area contributed by atoms with E-state index in [9.17, 15) is 14.4 Å². The number of aliphatic carboxylic acids is 1. The molecule has 1 fully saturated rings. The van der Waals surface area contributed by atoms with Gasteiger partial charge in [0.2, 0.25) is 5.91 Å². The predicted octanol–water partition coefficient (Wildman–Crippen LogP) is 1.48. The van der Waals surface area contributed by atoms with Gasteiger partial charge in [-0.2, -0.15) is 0 Å². The highest BCUT2D eigenvalue weighted by molar-refractivity contribution is 5.84. The minimum absolute atomic E-state index is 0.0175. The lowest BCUT2D eigenvalue weighted by atomic mass is 10.0. The van der Waals surface area contributed by atoms with Gasteiger partial charge in [-0.05, 0) is 18.8 Å². The first-order valence-electron chi connectivity index (χ1n) is 7.12. The lowest BCUT2D eigenvalue weighted by Crippen LogP contribution is -2.41. The number of amides is 1. The summed E-state index contributed by atoms with van der Waals surface area (Å²) in [6.45, 7) is 0. The van der Waals surface area contributed by atoms with E-state index in [2.05, 4.69) is 10.1 Å². The third kappa shape index (κ3) is 6.04. The van der Waals surface area contributed by atoms with Crippen LogP contribution in [0.1, 0.15) is 51.4 Å². The molecule has 0 aromatic carbocycles. The summed E-state index contributed by atoms with van der Waals surface area (Å²) >= 11 is 0. The first kappa shape index (κ1) is 16.5. The van der Waals surface area contributed by atoms with Crippen molar-refractivity contribution in [3.8, 4) is 0 Å². The lowest BCUT2D eigenvalue weighted by Gasteiger charge is -2.15. The highest BCUT2D eigenvalue weighted by Gasteiger charge is 2.22. The van der Waals surface area contributed by atoms with Gasteiger partial charge in [-0.1, -0.05) is 25.7 Å². The smallest absolute Gasteiger partial charge is 0.326 e. The molecule has 1 amide bonds.